The predicted octanol–water partition coefficient (Wildman–Crippen LogP) is 1.20. The SMILES string of the molecule is CN1CCN(C(=O)C2(C(=O)N(C)c3ccccc3)CC2)CC1. The summed E-state index contributed by atoms with van der Waals surface area (Å²) in [6, 6.07) is 9.52. The molecule has 1 aromatic rings. The van der Waals surface area contributed by atoms with Gasteiger partial charge >= 0.3 is 0 Å². The number of amides is 2. The number of carbonyl (C=O) groups is 2. The second-order valence-corrected chi connectivity index (χ2v) is 6.38. The molecule has 5 nitrogen and oxygen atoms in total. The first-order valence-corrected chi connectivity index (χ1v) is 7.86. The van der Waals surface area contributed by atoms with Crippen LogP contribution in [0.25, 0.3) is 0 Å². The molecule has 22 heavy (non-hydrogen) atoms. The van der Waals surface area contributed by atoms with Gasteiger partial charge in [-0.05, 0) is 32.0 Å². The van der Waals surface area contributed by atoms with Crippen molar-refractivity contribution in [1.82, 2.24) is 9.80 Å². The first-order valence-electron chi connectivity index (χ1n) is 7.86. The Bertz CT molecular complexity index is 561. The largest absolute Gasteiger partial charge is 0.339 e. The van der Waals surface area contributed by atoms with Gasteiger partial charge in [0.25, 0.3) is 0 Å². The van der Waals surface area contributed by atoms with Gasteiger partial charge in [0.1, 0.15) is 5.41 Å². The van der Waals surface area contributed by atoms with Crippen molar-refractivity contribution in [3.8, 4) is 0 Å². The zero-order chi connectivity index (χ0) is 15.7. The van der Waals surface area contributed by atoms with E-state index in [-0.39, 0.29) is 11.8 Å². The summed E-state index contributed by atoms with van der Waals surface area (Å²) in [4.78, 5) is 31.4. The number of nitrogens with zero attached hydrogens (tertiary/aromatic N) is 3. The van der Waals surface area contributed by atoms with E-state index in [1.807, 2.05) is 35.2 Å². The van der Waals surface area contributed by atoms with E-state index >= 15 is 0 Å². The van der Waals surface area contributed by atoms with Gasteiger partial charge in [-0.3, -0.25) is 9.59 Å². The molecule has 0 atom stereocenters. The Morgan fingerprint density at radius 3 is 2.18 bits per heavy atom. The van der Waals surface area contributed by atoms with Gasteiger partial charge in [-0.15, -0.1) is 0 Å². The molecule has 1 aliphatic carbocycles. The van der Waals surface area contributed by atoms with Crippen LogP contribution in [0.15, 0.2) is 30.3 Å². The van der Waals surface area contributed by atoms with E-state index in [4.69, 9.17) is 0 Å². The molecule has 5 heteroatoms. The van der Waals surface area contributed by atoms with Crippen molar-refractivity contribution >= 4 is 17.5 Å². The van der Waals surface area contributed by atoms with Crippen molar-refractivity contribution in [2.24, 2.45) is 5.41 Å². The van der Waals surface area contributed by atoms with Crippen molar-refractivity contribution in [3.63, 3.8) is 0 Å². The van der Waals surface area contributed by atoms with Crippen molar-refractivity contribution in [3.05, 3.63) is 30.3 Å². The number of benzene rings is 1. The molecular weight excluding hydrogens is 278 g/mol. The van der Waals surface area contributed by atoms with Gasteiger partial charge in [0.2, 0.25) is 11.8 Å². The molecule has 1 saturated heterocycles. The van der Waals surface area contributed by atoms with E-state index in [1.54, 1.807) is 11.9 Å². The number of piperazine rings is 1. The third-order valence-electron chi connectivity index (χ3n) is 4.81. The maximum Gasteiger partial charge on any atom is 0.242 e. The molecule has 1 heterocycles. The molecule has 2 fully saturated rings. The minimum atomic E-state index is -0.805. The van der Waals surface area contributed by atoms with Crippen LogP contribution in [0.5, 0.6) is 0 Å². The summed E-state index contributed by atoms with van der Waals surface area (Å²) >= 11 is 0. The summed E-state index contributed by atoms with van der Waals surface area (Å²) in [5.41, 5.74) is 0.0329. The molecule has 2 amide bonds. The number of anilines is 1. The molecule has 118 valence electrons. The highest BCUT2D eigenvalue weighted by atomic mass is 16.2. The minimum Gasteiger partial charge on any atom is -0.339 e. The van der Waals surface area contributed by atoms with Crippen LogP contribution < -0.4 is 4.90 Å². The van der Waals surface area contributed by atoms with E-state index in [9.17, 15) is 9.59 Å². The Morgan fingerprint density at radius 1 is 1.05 bits per heavy atom. The lowest BCUT2D eigenvalue weighted by atomic mass is 10.0. The topological polar surface area (TPSA) is 43.9 Å². The molecule has 0 N–H and O–H groups in total. The van der Waals surface area contributed by atoms with Crippen LogP contribution in [0.1, 0.15) is 12.8 Å². The minimum absolute atomic E-state index is 0.0216. The van der Waals surface area contributed by atoms with Crippen LogP contribution in [-0.4, -0.2) is 61.9 Å². The Balaban J connectivity index is 1.73. The Morgan fingerprint density at radius 2 is 1.64 bits per heavy atom. The number of para-hydroxylation sites is 1. The van der Waals surface area contributed by atoms with Crippen LogP contribution in [0.3, 0.4) is 0 Å². The fourth-order valence-electron chi connectivity index (χ4n) is 3.05. The molecule has 1 aliphatic heterocycles. The van der Waals surface area contributed by atoms with Crippen molar-refractivity contribution < 1.29 is 9.59 Å². The van der Waals surface area contributed by atoms with Gasteiger partial charge in [0.15, 0.2) is 0 Å². The first-order chi connectivity index (χ1) is 10.5. The smallest absolute Gasteiger partial charge is 0.242 e. The van der Waals surface area contributed by atoms with Gasteiger partial charge in [-0.25, -0.2) is 0 Å². The predicted molar refractivity (Wildman–Crippen MR) is 85.6 cm³/mol. The standard InChI is InChI=1S/C17H23N3O2/c1-18-10-12-20(13-11-18)16(22)17(8-9-17)15(21)19(2)14-6-4-3-5-7-14/h3-7H,8-13H2,1-2H3. The molecule has 0 bridgehead atoms. The maximum absolute atomic E-state index is 12.8. The monoisotopic (exact) mass is 301 g/mol. The van der Waals surface area contributed by atoms with E-state index < -0.39 is 5.41 Å². The van der Waals surface area contributed by atoms with Crippen molar-refractivity contribution in [2.75, 3.05) is 45.2 Å². The maximum atomic E-state index is 12.8. The Kier molecular flexibility index (Phi) is 3.91. The lowest BCUT2D eigenvalue weighted by molar-refractivity contribution is -0.144. The average molecular weight is 301 g/mol. The summed E-state index contributed by atoms with van der Waals surface area (Å²) in [5.74, 6) is -0.0454. The number of rotatable bonds is 3. The molecule has 3 rings (SSSR count). The molecule has 0 unspecified atom stereocenters. The molecule has 2 aliphatic rings. The Hall–Kier alpha value is -1.88. The highest BCUT2D eigenvalue weighted by molar-refractivity contribution is 6.13. The molecule has 1 saturated carbocycles. The van der Waals surface area contributed by atoms with E-state index in [2.05, 4.69) is 11.9 Å². The summed E-state index contributed by atoms with van der Waals surface area (Å²) in [7, 11) is 3.82. The summed E-state index contributed by atoms with van der Waals surface area (Å²) in [5, 5.41) is 0. The lowest BCUT2D eigenvalue weighted by Gasteiger charge is -2.35. The number of hydrogen-bond donors (Lipinski definition) is 0. The highest BCUT2D eigenvalue weighted by Crippen LogP contribution is 2.49. The quantitative estimate of drug-likeness (QED) is 0.788. The summed E-state index contributed by atoms with van der Waals surface area (Å²) in [6.45, 7) is 3.20. The summed E-state index contributed by atoms with van der Waals surface area (Å²) < 4.78 is 0. The fraction of sp³-hybridized carbons (Fsp3) is 0.529. The van der Waals surface area contributed by atoms with E-state index in [1.165, 1.54) is 0 Å². The second kappa shape index (κ2) is 5.72. The van der Waals surface area contributed by atoms with Gasteiger partial charge in [-0.1, -0.05) is 18.2 Å². The van der Waals surface area contributed by atoms with Crippen LogP contribution >= 0.6 is 0 Å². The highest BCUT2D eigenvalue weighted by Gasteiger charge is 2.59. The molecule has 0 aromatic heterocycles. The number of likely N-dealkylation sites (N-methyl/N-ethyl adjacent to an activating group) is 1. The van der Waals surface area contributed by atoms with E-state index in [0.717, 1.165) is 31.9 Å². The fourth-order valence-corrected chi connectivity index (χ4v) is 3.05. The second-order valence-electron chi connectivity index (χ2n) is 6.38. The number of hydrogen-bond acceptors (Lipinski definition) is 3. The van der Waals surface area contributed by atoms with Gasteiger partial charge in [-0.2, -0.15) is 0 Å². The molecule has 0 spiro atoms. The molecule has 1 aromatic carbocycles. The van der Waals surface area contributed by atoms with Crippen LogP contribution in [0, 0.1) is 5.41 Å². The average Bonchev–Trinajstić information content (AvgIpc) is 3.36. The molecule has 0 radical (unpaired) electrons. The van der Waals surface area contributed by atoms with Gasteiger partial charge in [0, 0.05) is 38.9 Å². The summed E-state index contributed by atoms with van der Waals surface area (Å²) in [6.07, 6.45) is 1.35. The normalized spacial score (nSPS) is 20.5. The van der Waals surface area contributed by atoms with E-state index in [0.29, 0.717) is 12.8 Å². The van der Waals surface area contributed by atoms with Crippen LogP contribution in [0.4, 0.5) is 5.69 Å². The lowest BCUT2D eigenvalue weighted by Crippen LogP contribution is -2.52. The zero-order valence-corrected chi connectivity index (χ0v) is 13.3. The number of carbonyl (C=O) groups excluding carboxylic acids is 2. The van der Waals surface area contributed by atoms with Gasteiger partial charge < -0.3 is 14.7 Å². The third-order valence-corrected chi connectivity index (χ3v) is 4.81. The first kappa shape index (κ1) is 15.0. The van der Waals surface area contributed by atoms with Crippen LogP contribution in [0.2, 0.25) is 0 Å². The molecular formula is C17H23N3O2. The van der Waals surface area contributed by atoms with Crippen LogP contribution in [-0.2, 0) is 9.59 Å². The zero-order valence-electron chi connectivity index (χ0n) is 13.3. The van der Waals surface area contributed by atoms with Gasteiger partial charge in [0.05, 0.1) is 0 Å². The Labute approximate surface area is 131 Å². The third kappa shape index (κ3) is 2.61. The van der Waals surface area contributed by atoms with Crippen molar-refractivity contribution in [1.29, 1.82) is 0 Å². The van der Waals surface area contributed by atoms with Crippen molar-refractivity contribution in [2.45, 2.75) is 12.8 Å².